The second-order valence-corrected chi connectivity index (χ2v) is 4.55. The minimum atomic E-state index is -0.235. The Morgan fingerprint density at radius 1 is 1.53 bits per heavy atom. The Balaban J connectivity index is 2.21. The number of nitrogens with two attached hydrogens (primary N) is 2. The lowest BCUT2D eigenvalue weighted by Gasteiger charge is -2.32. The van der Waals surface area contributed by atoms with Crippen molar-refractivity contribution in [1.29, 1.82) is 0 Å². The summed E-state index contributed by atoms with van der Waals surface area (Å²) in [4.78, 5) is 17.7. The van der Waals surface area contributed by atoms with Gasteiger partial charge in [0.25, 0.3) is 0 Å². The van der Waals surface area contributed by atoms with E-state index in [1.807, 2.05) is 19.1 Å². The average Bonchev–Trinajstić information content (AvgIpc) is 2.32. The standard InChI is InChI=1S/C12H18N4O/c1-8-4-5-10(13)12(15-8)16-6-2-3-9(7-16)11(14)17/h4-5,9H,2-3,6-7,13H2,1H3,(H2,14,17). The SMILES string of the molecule is Cc1ccc(N)c(N2CCCC(C(N)=O)C2)n1. The molecule has 92 valence electrons. The number of rotatable bonds is 2. The molecule has 1 unspecified atom stereocenters. The molecule has 0 bridgehead atoms. The van der Waals surface area contributed by atoms with Crippen LogP contribution in [0.5, 0.6) is 0 Å². The summed E-state index contributed by atoms with van der Waals surface area (Å²) in [5.41, 5.74) is 12.9. The van der Waals surface area contributed by atoms with Crippen LogP contribution in [0.2, 0.25) is 0 Å². The third-order valence-electron chi connectivity index (χ3n) is 3.17. The highest BCUT2D eigenvalue weighted by atomic mass is 16.1. The van der Waals surface area contributed by atoms with E-state index >= 15 is 0 Å². The molecule has 1 aliphatic rings. The number of carbonyl (C=O) groups is 1. The quantitative estimate of drug-likeness (QED) is 0.787. The molecule has 1 amide bonds. The average molecular weight is 234 g/mol. The van der Waals surface area contributed by atoms with E-state index in [-0.39, 0.29) is 11.8 Å². The van der Waals surface area contributed by atoms with E-state index in [1.54, 1.807) is 0 Å². The number of pyridine rings is 1. The lowest BCUT2D eigenvalue weighted by molar-refractivity contribution is -0.122. The van der Waals surface area contributed by atoms with Gasteiger partial charge < -0.3 is 16.4 Å². The monoisotopic (exact) mass is 234 g/mol. The molecule has 0 aromatic carbocycles. The highest BCUT2D eigenvalue weighted by Gasteiger charge is 2.25. The fourth-order valence-corrected chi connectivity index (χ4v) is 2.21. The van der Waals surface area contributed by atoms with Crippen molar-refractivity contribution in [2.24, 2.45) is 11.7 Å². The molecule has 0 radical (unpaired) electrons. The highest BCUT2D eigenvalue weighted by molar-refractivity contribution is 5.78. The Morgan fingerprint density at radius 3 is 3.00 bits per heavy atom. The zero-order chi connectivity index (χ0) is 12.4. The minimum absolute atomic E-state index is 0.0922. The number of nitrogens with zero attached hydrogens (tertiary/aromatic N) is 2. The number of nitrogen functional groups attached to an aromatic ring is 1. The maximum Gasteiger partial charge on any atom is 0.222 e. The van der Waals surface area contributed by atoms with Crippen molar-refractivity contribution in [3.8, 4) is 0 Å². The number of hydrogen-bond donors (Lipinski definition) is 2. The molecular weight excluding hydrogens is 216 g/mol. The number of aromatic nitrogens is 1. The van der Waals surface area contributed by atoms with Gasteiger partial charge in [-0.1, -0.05) is 0 Å². The second kappa shape index (κ2) is 4.61. The van der Waals surface area contributed by atoms with Crippen molar-refractivity contribution in [3.05, 3.63) is 17.8 Å². The first-order valence-electron chi connectivity index (χ1n) is 5.85. The molecule has 4 N–H and O–H groups in total. The number of carbonyl (C=O) groups excluding carboxylic acids is 1. The summed E-state index contributed by atoms with van der Waals surface area (Å²) in [6.45, 7) is 3.43. The van der Waals surface area contributed by atoms with Crippen LogP contribution in [0.3, 0.4) is 0 Å². The van der Waals surface area contributed by atoms with E-state index < -0.39 is 0 Å². The van der Waals surface area contributed by atoms with Gasteiger partial charge in [0.15, 0.2) is 5.82 Å². The first-order chi connectivity index (χ1) is 8.08. The van der Waals surface area contributed by atoms with Crippen LogP contribution in [0, 0.1) is 12.8 Å². The lowest BCUT2D eigenvalue weighted by atomic mass is 9.97. The summed E-state index contributed by atoms with van der Waals surface area (Å²) < 4.78 is 0. The van der Waals surface area contributed by atoms with E-state index in [0.29, 0.717) is 12.2 Å². The molecule has 1 aromatic heterocycles. The van der Waals surface area contributed by atoms with Crippen LogP contribution in [0.15, 0.2) is 12.1 Å². The molecule has 1 fully saturated rings. The zero-order valence-electron chi connectivity index (χ0n) is 10.0. The van der Waals surface area contributed by atoms with Crippen molar-refractivity contribution in [2.45, 2.75) is 19.8 Å². The van der Waals surface area contributed by atoms with Crippen LogP contribution < -0.4 is 16.4 Å². The predicted molar refractivity (Wildman–Crippen MR) is 67.5 cm³/mol. The number of piperidine rings is 1. The largest absolute Gasteiger partial charge is 0.396 e. The summed E-state index contributed by atoms with van der Waals surface area (Å²) >= 11 is 0. The van der Waals surface area contributed by atoms with Gasteiger partial charge in [-0.25, -0.2) is 4.98 Å². The van der Waals surface area contributed by atoms with Gasteiger partial charge in [0, 0.05) is 18.8 Å². The Labute approximate surface area is 101 Å². The van der Waals surface area contributed by atoms with Crippen LogP contribution in [-0.2, 0) is 4.79 Å². The number of anilines is 2. The van der Waals surface area contributed by atoms with Crippen molar-refractivity contribution in [3.63, 3.8) is 0 Å². The van der Waals surface area contributed by atoms with E-state index in [1.165, 1.54) is 0 Å². The maximum atomic E-state index is 11.2. The van der Waals surface area contributed by atoms with Crippen molar-refractivity contribution >= 4 is 17.4 Å². The maximum absolute atomic E-state index is 11.2. The van der Waals surface area contributed by atoms with E-state index in [2.05, 4.69) is 9.88 Å². The van der Waals surface area contributed by atoms with E-state index in [4.69, 9.17) is 11.5 Å². The van der Waals surface area contributed by atoms with Gasteiger partial charge in [0.1, 0.15) is 0 Å². The molecule has 17 heavy (non-hydrogen) atoms. The van der Waals surface area contributed by atoms with Gasteiger partial charge in [-0.05, 0) is 31.9 Å². The van der Waals surface area contributed by atoms with Gasteiger partial charge in [-0.3, -0.25) is 4.79 Å². The van der Waals surface area contributed by atoms with Crippen molar-refractivity contribution in [2.75, 3.05) is 23.7 Å². The third kappa shape index (κ3) is 2.49. The third-order valence-corrected chi connectivity index (χ3v) is 3.17. The van der Waals surface area contributed by atoms with Crippen molar-refractivity contribution < 1.29 is 4.79 Å². The summed E-state index contributed by atoms with van der Waals surface area (Å²) in [6.07, 6.45) is 1.81. The predicted octanol–water partition coefficient (Wildman–Crippen LogP) is 0.674. The van der Waals surface area contributed by atoms with Gasteiger partial charge in [0.2, 0.25) is 5.91 Å². The molecule has 0 saturated carbocycles. The molecule has 5 heteroatoms. The van der Waals surface area contributed by atoms with Crippen LogP contribution in [0.1, 0.15) is 18.5 Å². The van der Waals surface area contributed by atoms with Crippen LogP contribution in [-0.4, -0.2) is 24.0 Å². The Bertz CT molecular complexity index is 433. The smallest absolute Gasteiger partial charge is 0.222 e. The fraction of sp³-hybridized carbons (Fsp3) is 0.500. The molecule has 1 atom stereocenters. The Hall–Kier alpha value is -1.78. The molecule has 2 rings (SSSR count). The molecule has 1 aliphatic heterocycles. The van der Waals surface area contributed by atoms with Crippen LogP contribution in [0.25, 0.3) is 0 Å². The normalized spacial score (nSPS) is 20.3. The second-order valence-electron chi connectivity index (χ2n) is 4.55. The number of aryl methyl sites for hydroxylation is 1. The Morgan fingerprint density at radius 2 is 2.29 bits per heavy atom. The summed E-state index contributed by atoms with van der Waals surface area (Å²) in [5.74, 6) is 0.447. The first kappa shape index (κ1) is 11.7. The molecule has 1 aromatic rings. The van der Waals surface area contributed by atoms with Crippen molar-refractivity contribution in [1.82, 2.24) is 4.98 Å². The minimum Gasteiger partial charge on any atom is -0.396 e. The summed E-state index contributed by atoms with van der Waals surface area (Å²) in [5, 5.41) is 0. The Kier molecular flexibility index (Phi) is 3.17. The summed E-state index contributed by atoms with van der Waals surface area (Å²) in [6, 6.07) is 3.74. The van der Waals surface area contributed by atoms with Gasteiger partial charge in [-0.15, -0.1) is 0 Å². The molecule has 1 saturated heterocycles. The number of amides is 1. The van der Waals surface area contributed by atoms with Crippen LogP contribution in [0.4, 0.5) is 11.5 Å². The molecular formula is C12H18N4O. The molecule has 5 nitrogen and oxygen atoms in total. The molecule has 0 spiro atoms. The fourth-order valence-electron chi connectivity index (χ4n) is 2.21. The molecule has 2 heterocycles. The first-order valence-corrected chi connectivity index (χ1v) is 5.85. The van der Waals surface area contributed by atoms with Gasteiger partial charge in [-0.2, -0.15) is 0 Å². The lowest BCUT2D eigenvalue weighted by Crippen LogP contribution is -2.41. The number of hydrogen-bond acceptors (Lipinski definition) is 4. The van der Waals surface area contributed by atoms with E-state index in [0.717, 1.165) is 30.9 Å². The van der Waals surface area contributed by atoms with Gasteiger partial charge in [0.05, 0.1) is 11.6 Å². The zero-order valence-corrected chi connectivity index (χ0v) is 10.0. The molecule has 0 aliphatic carbocycles. The van der Waals surface area contributed by atoms with Gasteiger partial charge >= 0.3 is 0 Å². The number of primary amides is 1. The topological polar surface area (TPSA) is 85.2 Å². The van der Waals surface area contributed by atoms with E-state index in [9.17, 15) is 4.79 Å². The summed E-state index contributed by atoms with van der Waals surface area (Å²) in [7, 11) is 0. The highest BCUT2D eigenvalue weighted by Crippen LogP contribution is 2.26. The van der Waals surface area contributed by atoms with Crippen LogP contribution >= 0.6 is 0 Å².